The van der Waals surface area contributed by atoms with Gasteiger partial charge in [-0.05, 0) is 30.5 Å². The zero-order chi connectivity index (χ0) is 22.5. The van der Waals surface area contributed by atoms with Gasteiger partial charge in [0.15, 0.2) is 0 Å². The highest BCUT2D eigenvalue weighted by Gasteiger charge is 2.30. The van der Waals surface area contributed by atoms with Crippen LogP contribution in [0, 0.1) is 12.8 Å². The number of hydrogen-bond acceptors (Lipinski definition) is 7. The van der Waals surface area contributed by atoms with Crippen molar-refractivity contribution in [3.05, 3.63) is 53.8 Å². The minimum absolute atomic E-state index is 0.0915. The molecule has 2 heterocycles. The number of carbonyl (C=O) groups excluding carboxylic acids is 1. The maximum atomic E-state index is 13.7. The average Bonchev–Trinajstić information content (AvgIpc) is 3.17. The molecule has 8 nitrogen and oxygen atoms in total. The molecule has 0 saturated heterocycles. The number of aryl methyl sites for hydroxylation is 1. The first kappa shape index (κ1) is 22.3. The Morgan fingerprint density at radius 1 is 1.39 bits per heavy atom. The van der Waals surface area contributed by atoms with Crippen molar-refractivity contribution in [1.29, 1.82) is 0 Å². The summed E-state index contributed by atoms with van der Waals surface area (Å²) in [6.07, 6.45) is 2.55. The smallest absolute Gasteiger partial charge is 0.261 e. The van der Waals surface area contributed by atoms with Crippen LogP contribution in [0.3, 0.4) is 0 Å². The average molecular weight is 423 g/mol. The molecule has 0 saturated carbocycles. The van der Waals surface area contributed by atoms with Gasteiger partial charge in [0.1, 0.15) is 5.82 Å². The zero-order valence-corrected chi connectivity index (χ0v) is 18.8. The minimum Gasteiger partial charge on any atom is -0.421 e. The van der Waals surface area contributed by atoms with E-state index in [2.05, 4.69) is 45.8 Å². The Morgan fingerprint density at radius 2 is 2.16 bits per heavy atom. The SMILES string of the molecule is C=C(N=CC1=C(C(C)CC)N(C)CCN(c2cccc(-c3nnc(C)o3)c2)C1=O)NC. The van der Waals surface area contributed by atoms with E-state index in [0.717, 1.165) is 23.4 Å². The van der Waals surface area contributed by atoms with Gasteiger partial charge in [-0.15, -0.1) is 10.2 Å². The molecule has 1 unspecified atom stereocenters. The van der Waals surface area contributed by atoms with Crippen LogP contribution in [0.15, 0.2) is 57.3 Å². The summed E-state index contributed by atoms with van der Waals surface area (Å²) in [7, 11) is 3.78. The Labute approximate surface area is 183 Å². The second-order valence-corrected chi connectivity index (χ2v) is 7.62. The zero-order valence-electron chi connectivity index (χ0n) is 18.8. The first-order chi connectivity index (χ1) is 14.8. The van der Waals surface area contributed by atoms with Crippen LogP contribution in [0.5, 0.6) is 0 Å². The van der Waals surface area contributed by atoms with Crippen LogP contribution in [0.25, 0.3) is 11.5 Å². The molecule has 164 valence electrons. The van der Waals surface area contributed by atoms with E-state index in [0.29, 0.717) is 36.3 Å². The summed E-state index contributed by atoms with van der Waals surface area (Å²) >= 11 is 0. The normalized spacial score (nSPS) is 16.1. The predicted octanol–water partition coefficient (Wildman–Crippen LogP) is 3.39. The van der Waals surface area contributed by atoms with Crippen LogP contribution in [-0.2, 0) is 4.79 Å². The van der Waals surface area contributed by atoms with E-state index >= 15 is 0 Å². The molecule has 3 rings (SSSR count). The number of rotatable bonds is 7. The summed E-state index contributed by atoms with van der Waals surface area (Å²) in [5, 5.41) is 10.9. The van der Waals surface area contributed by atoms with Crippen LogP contribution in [0.2, 0.25) is 0 Å². The summed E-state index contributed by atoms with van der Waals surface area (Å²) in [5.41, 5.74) is 3.11. The molecule has 1 aliphatic rings. The lowest BCUT2D eigenvalue weighted by Gasteiger charge is -2.26. The van der Waals surface area contributed by atoms with E-state index in [4.69, 9.17) is 4.42 Å². The van der Waals surface area contributed by atoms with Crippen LogP contribution in [0.1, 0.15) is 26.2 Å². The van der Waals surface area contributed by atoms with Crippen molar-refractivity contribution in [3.63, 3.8) is 0 Å². The van der Waals surface area contributed by atoms with E-state index in [9.17, 15) is 4.79 Å². The van der Waals surface area contributed by atoms with Crippen LogP contribution < -0.4 is 10.2 Å². The molecule has 1 N–H and O–H groups in total. The Bertz CT molecular complexity index is 1020. The Morgan fingerprint density at radius 3 is 2.81 bits per heavy atom. The van der Waals surface area contributed by atoms with Gasteiger partial charge in [0.25, 0.3) is 5.91 Å². The molecular formula is C23H30N6O2. The van der Waals surface area contributed by atoms with Gasteiger partial charge in [-0.1, -0.05) is 26.5 Å². The van der Waals surface area contributed by atoms with E-state index in [1.165, 1.54) is 0 Å². The van der Waals surface area contributed by atoms with E-state index in [-0.39, 0.29) is 11.8 Å². The van der Waals surface area contributed by atoms with Gasteiger partial charge in [-0.2, -0.15) is 0 Å². The van der Waals surface area contributed by atoms with Gasteiger partial charge in [-0.3, -0.25) is 4.79 Å². The van der Waals surface area contributed by atoms with Crippen molar-refractivity contribution in [2.24, 2.45) is 10.9 Å². The molecule has 1 aromatic heterocycles. The second kappa shape index (κ2) is 9.59. The molecule has 1 amide bonds. The molecule has 0 aliphatic carbocycles. The maximum absolute atomic E-state index is 13.7. The number of benzene rings is 1. The molecule has 1 atom stereocenters. The summed E-state index contributed by atoms with van der Waals surface area (Å²) in [4.78, 5) is 22.0. The standard InChI is InChI=1S/C23H30N6O2/c1-7-15(2)21-20(14-25-16(3)24-5)23(30)29(12-11-28(21)6)19-10-8-9-18(13-19)22-27-26-17(4)31-22/h8-10,13-15,24H,3,7,11-12H2,1-2,4-6H3. The molecule has 0 radical (unpaired) electrons. The van der Waals surface area contributed by atoms with Crippen LogP contribution in [0.4, 0.5) is 5.69 Å². The number of aliphatic imine (C=N–C) groups is 1. The van der Waals surface area contributed by atoms with Gasteiger partial charge in [0.2, 0.25) is 11.8 Å². The fourth-order valence-corrected chi connectivity index (χ4v) is 3.56. The van der Waals surface area contributed by atoms with Crippen molar-refractivity contribution in [2.45, 2.75) is 27.2 Å². The lowest BCUT2D eigenvalue weighted by Crippen LogP contribution is -2.34. The topological polar surface area (TPSA) is 86.9 Å². The first-order valence-corrected chi connectivity index (χ1v) is 10.4. The Kier molecular flexibility index (Phi) is 6.89. The van der Waals surface area contributed by atoms with Crippen molar-refractivity contribution in [3.8, 4) is 11.5 Å². The lowest BCUT2D eigenvalue weighted by molar-refractivity contribution is -0.114. The van der Waals surface area contributed by atoms with Gasteiger partial charge in [-0.25, -0.2) is 4.99 Å². The van der Waals surface area contributed by atoms with Crippen LogP contribution >= 0.6 is 0 Å². The molecular weight excluding hydrogens is 392 g/mol. The van der Waals surface area contributed by atoms with Crippen LogP contribution in [-0.4, -0.2) is 54.4 Å². The summed E-state index contributed by atoms with van der Waals surface area (Å²) in [6, 6.07) is 7.60. The number of hydrogen-bond donors (Lipinski definition) is 1. The predicted molar refractivity (Wildman–Crippen MR) is 123 cm³/mol. The number of anilines is 1. The highest BCUT2D eigenvalue weighted by molar-refractivity contribution is 6.19. The first-order valence-electron chi connectivity index (χ1n) is 10.4. The van der Waals surface area contributed by atoms with Gasteiger partial charge in [0.05, 0.1) is 5.57 Å². The summed E-state index contributed by atoms with van der Waals surface area (Å²) in [5.74, 6) is 1.55. The number of allylic oxidation sites excluding steroid dienone is 1. The van der Waals surface area contributed by atoms with Gasteiger partial charge >= 0.3 is 0 Å². The highest BCUT2D eigenvalue weighted by atomic mass is 16.4. The van der Waals surface area contributed by atoms with Gasteiger partial charge in [0, 0.05) is 57.3 Å². The largest absolute Gasteiger partial charge is 0.421 e. The number of likely N-dealkylation sites (N-methyl/N-ethyl adjacent to an activating group) is 1. The van der Waals surface area contributed by atoms with Gasteiger partial charge < -0.3 is 19.5 Å². The number of carbonyl (C=O) groups is 1. The number of aromatic nitrogens is 2. The number of nitrogens with one attached hydrogen (secondary N) is 1. The second-order valence-electron chi connectivity index (χ2n) is 7.62. The molecule has 31 heavy (non-hydrogen) atoms. The maximum Gasteiger partial charge on any atom is 0.261 e. The summed E-state index contributed by atoms with van der Waals surface area (Å²) in [6.45, 7) is 11.1. The van der Waals surface area contributed by atoms with Crippen molar-refractivity contribution in [2.75, 3.05) is 32.1 Å². The third-order valence-corrected chi connectivity index (χ3v) is 5.47. The van der Waals surface area contributed by atoms with Crippen molar-refractivity contribution in [1.82, 2.24) is 20.4 Å². The van der Waals surface area contributed by atoms with Crippen molar-refractivity contribution >= 4 is 17.8 Å². The number of amides is 1. The minimum atomic E-state index is -0.0915. The molecule has 0 bridgehead atoms. The molecule has 8 heteroatoms. The van der Waals surface area contributed by atoms with E-state index in [1.807, 2.05) is 31.3 Å². The fraction of sp³-hybridized carbons (Fsp3) is 0.391. The molecule has 2 aromatic rings. The molecule has 0 spiro atoms. The highest BCUT2D eigenvalue weighted by Crippen LogP contribution is 2.29. The molecule has 1 aromatic carbocycles. The quantitative estimate of drug-likeness (QED) is 0.689. The van der Waals surface area contributed by atoms with Crippen molar-refractivity contribution < 1.29 is 9.21 Å². The fourth-order valence-electron chi connectivity index (χ4n) is 3.56. The Balaban J connectivity index is 2.05. The lowest BCUT2D eigenvalue weighted by atomic mass is 9.98. The Hall–Kier alpha value is -3.42. The van der Waals surface area contributed by atoms with E-state index in [1.54, 1.807) is 25.1 Å². The molecule has 1 aliphatic heterocycles. The third-order valence-electron chi connectivity index (χ3n) is 5.47. The summed E-state index contributed by atoms with van der Waals surface area (Å²) < 4.78 is 5.56. The van der Waals surface area contributed by atoms with E-state index < -0.39 is 0 Å². The third kappa shape index (κ3) is 4.84. The number of nitrogens with zero attached hydrogens (tertiary/aromatic N) is 5. The molecule has 0 fully saturated rings. The monoisotopic (exact) mass is 422 g/mol.